The highest BCUT2D eigenvalue weighted by Gasteiger charge is 2.13. The van der Waals surface area contributed by atoms with Crippen molar-refractivity contribution in [3.8, 4) is 5.75 Å². The lowest BCUT2D eigenvalue weighted by Gasteiger charge is -2.15. The van der Waals surface area contributed by atoms with Crippen LogP contribution in [-0.4, -0.2) is 29.4 Å². The Balaban J connectivity index is 1.94. The molecule has 1 aromatic carbocycles. The van der Waals surface area contributed by atoms with Crippen LogP contribution in [0.15, 0.2) is 42.6 Å². The number of carbonyl (C=O) groups is 2. The summed E-state index contributed by atoms with van der Waals surface area (Å²) in [6.07, 6.45) is 1.45. The van der Waals surface area contributed by atoms with Gasteiger partial charge < -0.3 is 21.1 Å². The molecule has 0 saturated heterocycles. The van der Waals surface area contributed by atoms with Gasteiger partial charge in [-0.3, -0.25) is 9.59 Å². The fourth-order valence-corrected chi connectivity index (χ4v) is 1.94. The number of nitrogens with two attached hydrogens (primary N) is 1. The predicted molar refractivity (Wildman–Crippen MR) is 92.1 cm³/mol. The fourth-order valence-electron chi connectivity index (χ4n) is 1.83. The van der Waals surface area contributed by atoms with Gasteiger partial charge in [-0.2, -0.15) is 0 Å². The molecule has 0 radical (unpaired) electrons. The molecular formula is C16H17ClN4O3. The molecule has 4 N–H and O–H groups in total. The van der Waals surface area contributed by atoms with E-state index in [-0.39, 0.29) is 12.5 Å². The lowest BCUT2D eigenvalue weighted by Crippen LogP contribution is -2.32. The first-order chi connectivity index (χ1) is 11.4. The molecule has 0 unspecified atom stereocenters. The Bertz CT molecular complexity index is 722. The number of anilines is 2. The number of pyridine rings is 1. The van der Waals surface area contributed by atoms with E-state index < -0.39 is 11.9 Å². The van der Waals surface area contributed by atoms with Gasteiger partial charge in [0.1, 0.15) is 17.6 Å². The molecule has 24 heavy (non-hydrogen) atoms. The summed E-state index contributed by atoms with van der Waals surface area (Å²) in [5.41, 5.74) is 5.70. The van der Waals surface area contributed by atoms with E-state index >= 15 is 0 Å². The van der Waals surface area contributed by atoms with Gasteiger partial charge in [-0.1, -0.05) is 17.7 Å². The van der Waals surface area contributed by atoms with Crippen molar-refractivity contribution < 1.29 is 14.3 Å². The third kappa shape index (κ3) is 5.44. The van der Waals surface area contributed by atoms with E-state index in [9.17, 15) is 9.59 Å². The van der Waals surface area contributed by atoms with Gasteiger partial charge >= 0.3 is 0 Å². The van der Waals surface area contributed by atoms with Crippen LogP contribution in [-0.2, 0) is 9.59 Å². The Morgan fingerprint density at radius 2 is 2.12 bits per heavy atom. The molecule has 1 heterocycles. The largest absolute Gasteiger partial charge is 0.484 e. The third-order valence-corrected chi connectivity index (χ3v) is 3.19. The van der Waals surface area contributed by atoms with E-state index in [1.807, 2.05) is 0 Å². The molecule has 0 spiro atoms. The number of rotatable bonds is 7. The molecular weight excluding hydrogens is 332 g/mol. The summed E-state index contributed by atoms with van der Waals surface area (Å²) >= 11 is 5.75. The number of amides is 2. The molecule has 0 saturated carbocycles. The normalized spacial score (nSPS) is 11.4. The van der Waals surface area contributed by atoms with Gasteiger partial charge in [0.05, 0.1) is 5.02 Å². The summed E-state index contributed by atoms with van der Waals surface area (Å²) in [5.74, 6) is 0.0761. The van der Waals surface area contributed by atoms with Crippen molar-refractivity contribution in [1.82, 2.24) is 4.98 Å². The summed E-state index contributed by atoms with van der Waals surface area (Å²) < 4.78 is 5.22. The second-order valence-electron chi connectivity index (χ2n) is 5.00. The lowest BCUT2D eigenvalue weighted by atomic mass is 10.2. The monoisotopic (exact) mass is 348 g/mol. The minimum atomic E-state index is -0.559. The molecule has 2 aromatic rings. The van der Waals surface area contributed by atoms with Crippen LogP contribution in [0.4, 0.5) is 11.5 Å². The van der Waals surface area contributed by atoms with Gasteiger partial charge in [0.25, 0.3) is 5.91 Å². The number of halogens is 1. The van der Waals surface area contributed by atoms with Crippen molar-refractivity contribution >= 4 is 34.9 Å². The van der Waals surface area contributed by atoms with Crippen molar-refractivity contribution in [1.29, 1.82) is 0 Å². The standard InChI is InChI=1S/C16H17ClN4O3/c1-10(16(23)21-15-6-5-11(17)8-19-15)20-12-3-2-4-13(7-12)24-9-14(18)22/h2-8,10,20H,9H2,1H3,(H2,18,22)(H,19,21,23)/t10-/m1/s1. The van der Waals surface area contributed by atoms with Crippen LogP contribution in [0, 0.1) is 0 Å². The molecule has 1 aromatic heterocycles. The van der Waals surface area contributed by atoms with E-state index in [1.54, 1.807) is 43.3 Å². The molecule has 0 fully saturated rings. The molecule has 0 aliphatic carbocycles. The number of aromatic nitrogens is 1. The molecule has 2 rings (SSSR count). The first kappa shape index (κ1) is 17.6. The highest BCUT2D eigenvalue weighted by atomic mass is 35.5. The van der Waals surface area contributed by atoms with Crippen LogP contribution in [0.5, 0.6) is 5.75 Å². The minimum absolute atomic E-state index is 0.207. The molecule has 8 heteroatoms. The highest BCUT2D eigenvalue weighted by molar-refractivity contribution is 6.30. The summed E-state index contributed by atoms with van der Waals surface area (Å²) in [6.45, 7) is 1.50. The zero-order valence-corrected chi connectivity index (χ0v) is 13.7. The molecule has 0 bridgehead atoms. The number of ether oxygens (including phenoxy) is 1. The fraction of sp³-hybridized carbons (Fsp3) is 0.188. The molecule has 0 aliphatic rings. The summed E-state index contributed by atoms with van der Waals surface area (Å²) in [7, 11) is 0. The van der Waals surface area contributed by atoms with Crippen LogP contribution in [0.25, 0.3) is 0 Å². The summed E-state index contributed by atoms with van der Waals surface area (Å²) in [6, 6.07) is 9.62. The topological polar surface area (TPSA) is 106 Å². The number of hydrogen-bond acceptors (Lipinski definition) is 5. The second-order valence-corrected chi connectivity index (χ2v) is 5.44. The van der Waals surface area contributed by atoms with E-state index in [0.29, 0.717) is 22.3 Å². The van der Waals surface area contributed by atoms with Gasteiger partial charge in [-0.15, -0.1) is 0 Å². The minimum Gasteiger partial charge on any atom is -0.484 e. The quantitative estimate of drug-likeness (QED) is 0.710. The number of hydrogen-bond donors (Lipinski definition) is 3. The zero-order valence-electron chi connectivity index (χ0n) is 13.0. The number of nitrogens with zero attached hydrogens (tertiary/aromatic N) is 1. The lowest BCUT2D eigenvalue weighted by molar-refractivity contribution is -0.120. The number of carbonyl (C=O) groups excluding carboxylic acids is 2. The Hall–Kier alpha value is -2.80. The number of benzene rings is 1. The smallest absolute Gasteiger partial charge is 0.255 e. The third-order valence-electron chi connectivity index (χ3n) is 2.97. The summed E-state index contributed by atoms with van der Waals surface area (Å²) in [4.78, 5) is 26.9. The van der Waals surface area contributed by atoms with E-state index in [0.717, 1.165) is 0 Å². The van der Waals surface area contributed by atoms with Crippen LogP contribution < -0.4 is 21.1 Å². The van der Waals surface area contributed by atoms with Gasteiger partial charge in [0.15, 0.2) is 6.61 Å². The highest BCUT2D eigenvalue weighted by Crippen LogP contribution is 2.18. The van der Waals surface area contributed by atoms with Crippen molar-refractivity contribution in [3.63, 3.8) is 0 Å². The van der Waals surface area contributed by atoms with Gasteiger partial charge in [0, 0.05) is 18.0 Å². The Morgan fingerprint density at radius 1 is 1.33 bits per heavy atom. The van der Waals surface area contributed by atoms with Gasteiger partial charge in [0.2, 0.25) is 5.91 Å². The maximum absolute atomic E-state index is 12.2. The first-order valence-electron chi connectivity index (χ1n) is 7.14. The SMILES string of the molecule is C[C@@H](Nc1cccc(OCC(N)=O)c1)C(=O)Nc1ccc(Cl)cn1. The van der Waals surface area contributed by atoms with Crippen LogP contribution >= 0.6 is 11.6 Å². The molecule has 0 aliphatic heterocycles. The number of nitrogens with one attached hydrogen (secondary N) is 2. The van der Waals surface area contributed by atoms with E-state index in [1.165, 1.54) is 6.20 Å². The predicted octanol–water partition coefficient (Wildman–Crippen LogP) is 2.04. The Labute approximate surface area is 144 Å². The Morgan fingerprint density at radius 3 is 2.79 bits per heavy atom. The zero-order chi connectivity index (χ0) is 17.5. The van der Waals surface area contributed by atoms with Crippen molar-refractivity contribution in [2.75, 3.05) is 17.2 Å². The van der Waals surface area contributed by atoms with Crippen LogP contribution in [0.3, 0.4) is 0 Å². The first-order valence-corrected chi connectivity index (χ1v) is 7.52. The van der Waals surface area contributed by atoms with Crippen molar-refractivity contribution in [2.24, 2.45) is 5.73 Å². The molecule has 126 valence electrons. The summed E-state index contributed by atoms with van der Waals surface area (Å²) in [5, 5.41) is 6.21. The Kier molecular flexibility index (Phi) is 5.97. The van der Waals surface area contributed by atoms with Gasteiger partial charge in [-0.05, 0) is 31.2 Å². The molecule has 2 amide bonds. The van der Waals surface area contributed by atoms with Crippen molar-refractivity contribution in [2.45, 2.75) is 13.0 Å². The average Bonchev–Trinajstić information content (AvgIpc) is 2.55. The van der Waals surface area contributed by atoms with Gasteiger partial charge in [-0.25, -0.2) is 4.98 Å². The second kappa shape index (κ2) is 8.16. The average molecular weight is 349 g/mol. The van der Waals surface area contributed by atoms with Crippen molar-refractivity contribution in [3.05, 3.63) is 47.6 Å². The molecule has 1 atom stereocenters. The maximum Gasteiger partial charge on any atom is 0.255 e. The van der Waals surface area contributed by atoms with Crippen LogP contribution in [0.1, 0.15) is 6.92 Å². The molecule has 7 nitrogen and oxygen atoms in total. The van der Waals surface area contributed by atoms with E-state index in [2.05, 4.69) is 15.6 Å². The maximum atomic E-state index is 12.2. The number of primary amides is 1. The van der Waals surface area contributed by atoms with Crippen LogP contribution in [0.2, 0.25) is 5.02 Å². The van der Waals surface area contributed by atoms with E-state index in [4.69, 9.17) is 22.1 Å².